The first kappa shape index (κ1) is 11.2. The Labute approximate surface area is 98.2 Å². The zero-order valence-corrected chi connectivity index (χ0v) is 9.93. The van der Waals surface area contributed by atoms with Crippen LogP contribution in [0.1, 0.15) is 16.1 Å². The number of hydrogen-bond donors (Lipinski definition) is 2. The van der Waals surface area contributed by atoms with Gasteiger partial charge in [0.05, 0.1) is 23.1 Å². The number of nitrogen functional groups attached to an aromatic ring is 1. The molecule has 0 aliphatic heterocycles. The smallest absolute Gasteiger partial charge is 0.260 e. The largest absolute Gasteiger partial charge is 0.394 e. The summed E-state index contributed by atoms with van der Waals surface area (Å²) in [7, 11) is 3.47. The lowest BCUT2D eigenvalue weighted by Crippen LogP contribution is -2.15. The van der Waals surface area contributed by atoms with Crippen LogP contribution in [0.4, 0.5) is 11.5 Å². The van der Waals surface area contributed by atoms with Crippen molar-refractivity contribution >= 4 is 17.4 Å². The number of nitrogens with two attached hydrogens (primary N) is 1. The quantitative estimate of drug-likeness (QED) is 0.781. The molecule has 2 rings (SSSR count). The van der Waals surface area contributed by atoms with Crippen molar-refractivity contribution in [1.29, 1.82) is 0 Å². The minimum Gasteiger partial charge on any atom is -0.394 e. The van der Waals surface area contributed by atoms with E-state index in [4.69, 9.17) is 5.73 Å². The van der Waals surface area contributed by atoms with Crippen LogP contribution < -0.4 is 11.1 Å². The van der Waals surface area contributed by atoms with Crippen molar-refractivity contribution in [3.8, 4) is 0 Å². The van der Waals surface area contributed by atoms with Crippen molar-refractivity contribution in [1.82, 2.24) is 19.6 Å². The van der Waals surface area contributed by atoms with Gasteiger partial charge in [0.1, 0.15) is 0 Å². The number of carbonyl (C=O) groups excluding carboxylic acids is 1. The first-order chi connectivity index (χ1) is 7.99. The van der Waals surface area contributed by atoms with Crippen LogP contribution in [-0.2, 0) is 14.1 Å². The van der Waals surface area contributed by atoms with Crippen LogP contribution in [0, 0.1) is 6.92 Å². The van der Waals surface area contributed by atoms with E-state index in [0.717, 1.165) is 0 Å². The summed E-state index contributed by atoms with van der Waals surface area (Å²) in [4.78, 5) is 11.9. The van der Waals surface area contributed by atoms with E-state index in [1.54, 1.807) is 36.6 Å². The zero-order chi connectivity index (χ0) is 12.6. The van der Waals surface area contributed by atoms with Crippen molar-refractivity contribution in [2.24, 2.45) is 14.1 Å². The molecule has 2 aromatic heterocycles. The van der Waals surface area contributed by atoms with Crippen LogP contribution in [0.2, 0.25) is 0 Å². The highest BCUT2D eigenvalue weighted by molar-refractivity contribution is 6.04. The van der Waals surface area contributed by atoms with Crippen molar-refractivity contribution in [3.63, 3.8) is 0 Å². The molecule has 1 amide bonds. The van der Waals surface area contributed by atoms with Crippen molar-refractivity contribution in [3.05, 3.63) is 23.7 Å². The fourth-order valence-corrected chi connectivity index (χ4v) is 1.54. The normalized spacial score (nSPS) is 10.5. The summed E-state index contributed by atoms with van der Waals surface area (Å²) >= 11 is 0. The first-order valence-electron chi connectivity index (χ1n) is 5.08. The third kappa shape index (κ3) is 1.99. The van der Waals surface area contributed by atoms with Crippen LogP contribution >= 0.6 is 0 Å². The van der Waals surface area contributed by atoms with Crippen LogP contribution in [0.5, 0.6) is 0 Å². The predicted octanol–water partition coefficient (Wildman–Crippen LogP) is 0.297. The fourth-order valence-electron chi connectivity index (χ4n) is 1.54. The molecule has 7 nitrogen and oxygen atoms in total. The van der Waals surface area contributed by atoms with Crippen LogP contribution in [0.25, 0.3) is 0 Å². The monoisotopic (exact) mass is 234 g/mol. The number of nitrogens with one attached hydrogen (secondary N) is 1. The Morgan fingerprint density at radius 2 is 2.18 bits per heavy atom. The molecule has 0 unspecified atom stereocenters. The molecule has 0 aliphatic rings. The van der Waals surface area contributed by atoms with E-state index in [0.29, 0.717) is 22.8 Å². The number of aromatic nitrogens is 4. The molecule has 90 valence electrons. The van der Waals surface area contributed by atoms with Gasteiger partial charge in [-0.15, -0.1) is 0 Å². The van der Waals surface area contributed by atoms with Gasteiger partial charge >= 0.3 is 0 Å². The summed E-state index contributed by atoms with van der Waals surface area (Å²) in [6.45, 7) is 1.79. The van der Waals surface area contributed by atoms with Crippen LogP contribution in [0.15, 0.2) is 12.4 Å². The van der Waals surface area contributed by atoms with E-state index >= 15 is 0 Å². The van der Waals surface area contributed by atoms with Crippen LogP contribution in [0.3, 0.4) is 0 Å². The molecule has 0 aromatic carbocycles. The maximum Gasteiger partial charge on any atom is 0.260 e. The summed E-state index contributed by atoms with van der Waals surface area (Å²) in [5.41, 5.74) is 7.46. The summed E-state index contributed by atoms with van der Waals surface area (Å²) in [5, 5.41) is 10.8. The van der Waals surface area contributed by atoms with Gasteiger partial charge in [0.15, 0.2) is 5.82 Å². The average Bonchev–Trinajstić information content (AvgIpc) is 2.79. The molecular formula is C10H14N6O. The van der Waals surface area contributed by atoms with E-state index in [1.807, 2.05) is 0 Å². The highest BCUT2D eigenvalue weighted by Gasteiger charge is 2.14. The lowest BCUT2D eigenvalue weighted by atomic mass is 10.3. The molecule has 0 spiro atoms. The van der Waals surface area contributed by atoms with Crippen LogP contribution in [-0.4, -0.2) is 25.5 Å². The summed E-state index contributed by atoms with van der Waals surface area (Å²) in [5.74, 6) is 0.240. The molecule has 17 heavy (non-hydrogen) atoms. The molecule has 0 saturated carbocycles. The Morgan fingerprint density at radius 1 is 1.47 bits per heavy atom. The number of amides is 1. The maximum absolute atomic E-state index is 11.9. The van der Waals surface area contributed by atoms with Gasteiger partial charge in [0.25, 0.3) is 5.91 Å². The molecular weight excluding hydrogens is 220 g/mol. The summed E-state index contributed by atoms with van der Waals surface area (Å²) in [6, 6.07) is 0. The third-order valence-corrected chi connectivity index (χ3v) is 2.47. The molecule has 3 N–H and O–H groups in total. The number of aryl methyl sites for hydroxylation is 3. The molecule has 0 aliphatic carbocycles. The Hall–Kier alpha value is -2.31. The minimum atomic E-state index is -0.257. The lowest BCUT2D eigenvalue weighted by Gasteiger charge is -2.04. The van der Waals surface area contributed by atoms with Crippen molar-refractivity contribution in [2.75, 3.05) is 11.1 Å². The Bertz CT molecular complexity index is 567. The van der Waals surface area contributed by atoms with Gasteiger partial charge in [-0.3, -0.25) is 14.2 Å². The second-order valence-electron chi connectivity index (χ2n) is 3.83. The van der Waals surface area contributed by atoms with Gasteiger partial charge in [-0.25, -0.2) is 0 Å². The average molecular weight is 234 g/mol. The van der Waals surface area contributed by atoms with Crippen molar-refractivity contribution < 1.29 is 4.79 Å². The van der Waals surface area contributed by atoms with Gasteiger partial charge in [-0.1, -0.05) is 0 Å². The van der Waals surface area contributed by atoms with Crippen molar-refractivity contribution in [2.45, 2.75) is 6.92 Å². The molecule has 0 fully saturated rings. The number of nitrogens with zero attached hydrogens (tertiary/aromatic N) is 4. The van der Waals surface area contributed by atoms with E-state index in [2.05, 4.69) is 15.5 Å². The third-order valence-electron chi connectivity index (χ3n) is 2.47. The summed E-state index contributed by atoms with van der Waals surface area (Å²) < 4.78 is 3.10. The van der Waals surface area contributed by atoms with Gasteiger partial charge in [-0.2, -0.15) is 10.2 Å². The number of hydrogen-bond acceptors (Lipinski definition) is 4. The van der Waals surface area contributed by atoms with Gasteiger partial charge in [0, 0.05) is 20.3 Å². The van der Waals surface area contributed by atoms with Gasteiger partial charge in [-0.05, 0) is 6.92 Å². The number of anilines is 2. The highest BCUT2D eigenvalue weighted by Crippen LogP contribution is 2.21. The standard InChI is InChI=1S/C10H14N6O/c1-6-8(11)9(16(3)14-6)13-10(17)7-4-12-15(2)5-7/h4-5H,11H2,1-3H3,(H,13,17). The number of carbonyl (C=O) groups is 1. The molecule has 0 atom stereocenters. The summed E-state index contributed by atoms with van der Waals surface area (Å²) in [6.07, 6.45) is 3.13. The van der Waals surface area contributed by atoms with E-state index in [-0.39, 0.29) is 5.91 Å². The second-order valence-corrected chi connectivity index (χ2v) is 3.83. The van der Waals surface area contributed by atoms with E-state index in [9.17, 15) is 4.79 Å². The lowest BCUT2D eigenvalue weighted by molar-refractivity contribution is 0.102. The Kier molecular flexibility index (Phi) is 2.58. The molecule has 2 aromatic rings. The molecule has 0 saturated heterocycles. The fraction of sp³-hybridized carbons (Fsp3) is 0.300. The van der Waals surface area contributed by atoms with Gasteiger partial charge in [0.2, 0.25) is 0 Å². The Balaban J connectivity index is 2.24. The second kappa shape index (κ2) is 3.93. The first-order valence-corrected chi connectivity index (χ1v) is 5.08. The highest BCUT2D eigenvalue weighted by atomic mass is 16.1. The number of rotatable bonds is 2. The Morgan fingerprint density at radius 3 is 2.65 bits per heavy atom. The molecule has 0 radical (unpaired) electrons. The van der Waals surface area contributed by atoms with Gasteiger partial charge < -0.3 is 11.1 Å². The topological polar surface area (TPSA) is 90.8 Å². The molecule has 7 heteroatoms. The molecule has 2 heterocycles. The maximum atomic E-state index is 11.9. The SMILES string of the molecule is Cc1nn(C)c(NC(=O)c2cnn(C)c2)c1N. The minimum absolute atomic E-state index is 0.257. The predicted molar refractivity (Wildman–Crippen MR) is 63.5 cm³/mol. The van der Waals surface area contributed by atoms with E-state index in [1.165, 1.54) is 6.20 Å². The zero-order valence-electron chi connectivity index (χ0n) is 9.93. The van der Waals surface area contributed by atoms with E-state index < -0.39 is 0 Å². The molecule has 0 bridgehead atoms.